The number of sulfonamides is 1. The number of nitrogens with one attached hydrogen (secondary N) is 2. The fraction of sp³-hybridized carbons (Fsp3) is 0.227. The molecule has 0 saturated carbocycles. The Morgan fingerprint density at radius 3 is 2.03 bits per heavy atom. The van der Waals surface area contributed by atoms with Gasteiger partial charge in [-0.1, -0.05) is 12.2 Å². The Bertz CT molecular complexity index is 1160. The number of carboxylic acid groups (broad SMARTS) is 1. The van der Waals surface area contributed by atoms with Crippen LogP contribution in [0.25, 0.3) is 0 Å². The fourth-order valence-electron chi connectivity index (χ4n) is 3.32. The van der Waals surface area contributed by atoms with Crippen molar-refractivity contribution in [3.8, 4) is 0 Å². The standard InChI is InChI=1S/C22H23N3O6S2/c23-33(30,31)17-11-7-14(8-12-17)24-20(26)13-32-16-9-5-15(6-10-16)25-21(27)18-3-1-2-4-19(18)22(28)29/h1-2,5-12,18-19H,3-4,13H2,(H,24,26)(H,25,27)(H,28,29)(H2,23,30,31). The van der Waals surface area contributed by atoms with Crippen LogP contribution in [-0.4, -0.2) is 37.1 Å². The predicted molar refractivity (Wildman–Crippen MR) is 125 cm³/mol. The molecule has 9 nitrogen and oxygen atoms in total. The van der Waals surface area contributed by atoms with Crippen LogP contribution < -0.4 is 15.8 Å². The van der Waals surface area contributed by atoms with Gasteiger partial charge in [0.1, 0.15) is 0 Å². The number of benzene rings is 2. The summed E-state index contributed by atoms with van der Waals surface area (Å²) < 4.78 is 22.5. The van der Waals surface area contributed by atoms with E-state index in [1.807, 2.05) is 6.08 Å². The highest BCUT2D eigenvalue weighted by Crippen LogP contribution is 2.28. The molecule has 174 valence electrons. The molecule has 0 saturated heterocycles. The van der Waals surface area contributed by atoms with Crippen LogP contribution in [0.15, 0.2) is 70.5 Å². The Morgan fingerprint density at radius 2 is 1.45 bits per heavy atom. The van der Waals surface area contributed by atoms with Crippen LogP contribution in [0.4, 0.5) is 11.4 Å². The van der Waals surface area contributed by atoms with Gasteiger partial charge in [0, 0.05) is 16.3 Å². The van der Waals surface area contributed by atoms with Gasteiger partial charge >= 0.3 is 5.97 Å². The van der Waals surface area contributed by atoms with Gasteiger partial charge in [-0.2, -0.15) is 0 Å². The Kier molecular flexibility index (Phi) is 7.90. The highest BCUT2D eigenvalue weighted by molar-refractivity contribution is 8.00. The van der Waals surface area contributed by atoms with E-state index in [-0.39, 0.29) is 22.5 Å². The normalized spacial score (nSPS) is 17.8. The molecule has 0 aromatic heterocycles. The number of hydrogen-bond acceptors (Lipinski definition) is 6. The van der Waals surface area contributed by atoms with E-state index in [1.54, 1.807) is 30.3 Å². The average molecular weight is 490 g/mol. The van der Waals surface area contributed by atoms with Crippen LogP contribution in [0.1, 0.15) is 12.8 Å². The lowest BCUT2D eigenvalue weighted by Crippen LogP contribution is -2.34. The monoisotopic (exact) mass is 489 g/mol. The van der Waals surface area contributed by atoms with Crippen molar-refractivity contribution in [3.63, 3.8) is 0 Å². The number of rotatable bonds is 8. The van der Waals surface area contributed by atoms with Crippen molar-refractivity contribution in [2.24, 2.45) is 17.0 Å². The van der Waals surface area contributed by atoms with Gasteiger partial charge < -0.3 is 15.7 Å². The number of thioether (sulfide) groups is 1. The first kappa shape index (κ1) is 24.5. The Labute approximate surface area is 195 Å². The number of aliphatic carboxylic acids is 1. The smallest absolute Gasteiger partial charge is 0.307 e. The zero-order chi connectivity index (χ0) is 24.0. The molecule has 0 bridgehead atoms. The van der Waals surface area contributed by atoms with Crippen LogP contribution >= 0.6 is 11.8 Å². The van der Waals surface area contributed by atoms with Gasteiger partial charge in [0.05, 0.1) is 22.5 Å². The van der Waals surface area contributed by atoms with Crippen molar-refractivity contribution in [1.82, 2.24) is 0 Å². The number of allylic oxidation sites excluding steroid dienone is 2. The van der Waals surface area contributed by atoms with Crippen LogP contribution in [0.5, 0.6) is 0 Å². The second-order valence-corrected chi connectivity index (χ2v) is 10.0. The molecule has 11 heteroatoms. The first-order valence-electron chi connectivity index (χ1n) is 9.98. The third-order valence-electron chi connectivity index (χ3n) is 5.04. The lowest BCUT2D eigenvalue weighted by Gasteiger charge is -2.24. The molecule has 2 amide bonds. The molecule has 0 fully saturated rings. The zero-order valence-electron chi connectivity index (χ0n) is 17.4. The van der Waals surface area contributed by atoms with Gasteiger partial charge in [-0.15, -0.1) is 11.8 Å². The summed E-state index contributed by atoms with van der Waals surface area (Å²) in [5.74, 6) is -2.82. The Balaban J connectivity index is 1.50. The first-order valence-corrected chi connectivity index (χ1v) is 12.5. The quantitative estimate of drug-likeness (QED) is 0.328. The SMILES string of the molecule is NS(=O)(=O)c1ccc(NC(=O)CSc2ccc(NC(=O)C3CC=CCC3C(=O)O)cc2)cc1. The van der Waals surface area contributed by atoms with E-state index in [4.69, 9.17) is 5.14 Å². The van der Waals surface area contributed by atoms with Gasteiger partial charge in [0.25, 0.3) is 0 Å². The van der Waals surface area contributed by atoms with Crippen LogP contribution in [0.3, 0.4) is 0 Å². The second-order valence-electron chi connectivity index (χ2n) is 7.41. The summed E-state index contributed by atoms with van der Waals surface area (Å²) in [6, 6.07) is 12.4. The first-order chi connectivity index (χ1) is 15.6. The zero-order valence-corrected chi connectivity index (χ0v) is 19.1. The number of nitrogens with two attached hydrogens (primary N) is 1. The minimum absolute atomic E-state index is 0.0412. The summed E-state index contributed by atoms with van der Waals surface area (Å²) in [4.78, 5) is 36.8. The highest BCUT2D eigenvalue weighted by atomic mass is 32.2. The van der Waals surface area contributed by atoms with Crippen molar-refractivity contribution >= 4 is 50.9 Å². The summed E-state index contributed by atoms with van der Waals surface area (Å²) in [7, 11) is -3.79. The van der Waals surface area contributed by atoms with Gasteiger partial charge in [-0.05, 0) is 61.4 Å². The molecule has 1 aliphatic rings. The molecule has 2 aromatic carbocycles. The number of hydrogen-bond donors (Lipinski definition) is 4. The summed E-state index contributed by atoms with van der Waals surface area (Å²) in [5, 5.41) is 19.8. The van der Waals surface area contributed by atoms with Gasteiger partial charge in [-0.25, -0.2) is 13.6 Å². The second kappa shape index (κ2) is 10.6. The Morgan fingerprint density at radius 1 is 0.909 bits per heavy atom. The lowest BCUT2D eigenvalue weighted by molar-refractivity contribution is -0.146. The third kappa shape index (κ3) is 6.91. The van der Waals surface area contributed by atoms with Crippen LogP contribution in [0, 0.1) is 11.8 Å². The molecule has 33 heavy (non-hydrogen) atoms. The molecular weight excluding hydrogens is 466 g/mol. The Hall–Kier alpha value is -3.15. The molecule has 3 rings (SSSR count). The number of anilines is 2. The van der Waals surface area contributed by atoms with E-state index in [0.717, 1.165) is 4.90 Å². The lowest BCUT2D eigenvalue weighted by atomic mass is 9.82. The molecule has 0 radical (unpaired) electrons. The summed E-state index contributed by atoms with van der Waals surface area (Å²) >= 11 is 1.29. The van der Waals surface area contributed by atoms with Gasteiger partial charge in [-0.3, -0.25) is 14.4 Å². The molecule has 5 N–H and O–H groups in total. The van der Waals surface area contributed by atoms with Gasteiger partial charge in [0.15, 0.2) is 0 Å². The van der Waals surface area contributed by atoms with E-state index in [1.165, 1.54) is 36.0 Å². The van der Waals surface area contributed by atoms with E-state index in [2.05, 4.69) is 10.6 Å². The van der Waals surface area contributed by atoms with Crippen molar-refractivity contribution in [1.29, 1.82) is 0 Å². The van der Waals surface area contributed by atoms with E-state index in [0.29, 0.717) is 24.2 Å². The maximum absolute atomic E-state index is 12.5. The fourth-order valence-corrected chi connectivity index (χ4v) is 4.53. The number of amides is 2. The summed E-state index contributed by atoms with van der Waals surface area (Å²) in [6.45, 7) is 0. The van der Waals surface area contributed by atoms with Crippen LogP contribution in [-0.2, 0) is 24.4 Å². The molecule has 1 aliphatic carbocycles. The molecule has 0 spiro atoms. The number of carbonyl (C=O) groups excluding carboxylic acids is 2. The molecule has 0 heterocycles. The predicted octanol–water partition coefficient (Wildman–Crippen LogP) is 2.67. The minimum atomic E-state index is -3.79. The molecular formula is C22H23N3O6S2. The summed E-state index contributed by atoms with van der Waals surface area (Å²) in [5.41, 5.74) is 0.991. The molecule has 2 unspecified atom stereocenters. The van der Waals surface area contributed by atoms with Crippen molar-refractivity contribution < 1.29 is 27.9 Å². The van der Waals surface area contributed by atoms with Crippen molar-refractivity contribution in [2.75, 3.05) is 16.4 Å². The van der Waals surface area contributed by atoms with Crippen molar-refractivity contribution in [3.05, 3.63) is 60.7 Å². The summed E-state index contributed by atoms with van der Waals surface area (Å²) in [6.07, 6.45) is 4.32. The number of carbonyl (C=O) groups is 3. The maximum Gasteiger partial charge on any atom is 0.307 e. The maximum atomic E-state index is 12.5. The topological polar surface area (TPSA) is 156 Å². The molecule has 2 aromatic rings. The van der Waals surface area contributed by atoms with Crippen molar-refractivity contribution in [2.45, 2.75) is 22.6 Å². The largest absolute Gasteiger partial charge is 0.481 e. The van der Waals surface area contributed by atoms with E-state index in [9.17, 15) is 27.9 Å². The molecule has 2 atom stereocenters. The van der Waals surface area contributed by atoms with Gasteiger partial charge in [0.2, 0.25) is 21.8 Å². The minimum Gasteiger partial charge on any atom is -0.481 e. The van der Waals surface area contributed by atoms with E-state index >= 15 is 0 Å². The van der Waals surface area contributed by atoms with E-state index < -0.39 is 27.8 Å². The average Bonchev–Trinajstić information content (AvgIpc) is 2.78. The number of primary sulfonamides is 1. The number of carboxylic acids is 1. The third-order valence-corrected chi connectivity index (χ3v) is 6.99. The molecule has 0 aliphatic heterocycles. The highest BCUT2D eigenvalue weighted by Gasteiger charge is 2.33. The van der Waals surface area contributed by atoms with Crippen LogP contribution in [0.2, 0.25) is 0 Å².